The van der Waals surface area contributed by atoms with Crippen LogP contribution in [0.15, 0.2) is 16.8 Å². The lowest BCUT2D eigenvalue weighted by Gasteiger charge is -2.38. The van der Waals surface area contributed by atoms with Crippen molar-refractivity contribution in [3.63, 3.8) is 0 Å². The van der Waals surface area contributed by atoms with E-state index in [2.05, 4.69) is 4.90 Å². The van der Waals surface area contributed by atoms with E-state index in [0.29, 0.717) is 31.7 Å². The summed E-state index contributed by atoms with van der Waals surface area (Å²) < 4.78 is 0. The fourth-order valence-electron chi connectivity index (χ4n) is 3.23. The molecule has 1 N–H and O–H groups in total. The minimum absolute atomic E-state index is 0.00910. The van der Waals surface area contributed by atoms with Crippen LogP contribution >= 0.6 is 11.3 Å². The number of likely N-dealkylation sites (tertiary alicyclic amines) is 1. The van der Waals surface area contributed by atoms with Crippen LogP contribution in [0.2, 0.25) is 0 Å². The van der Waals surface area contributed by atoms with Crippen molar-refractivity contribution in [1.29, 1.82) is 0 Å². The van der Waals surface area contributed by atoms with Gasteiger partial charge in [0.15, 0.2) is 0 Å². The highest BCUT2D eigenvalue weighted by Gasteiger charge is 2.39. The Kier molecular flexibility index (Phi) is 4.46. The van der Waals surface area contributed by atoms with E-state index in [4.69, 9.17) is 0 Å². The van der Waals surface area contributed by atoms with Gasteiger partial charge in [0.05, 0.1) is 17.7 Å². The number of hydrogen-bond acceptors (Lipinski definition) is 5. The molecule has 7 heteroatoms. The Labute approximate surface area is 133 Å². The topological polar surface area (TPSA) is 64.1 Å². The van der Waals surface area contributed by atoms with Crippen LogP contribution in [0.5, 0.6) is 0 Å². The standard InChI is InChI=1S/C15H21N3O3S/c1-11(19)16-3-5-17(6-4-16)13-8-18(9-14(13)20)15(21)12-2-7-22-10-12/h2,7,10,13-14,20H,3-6,8-9H2,1H3/t13-,14-/m1/s1. The molecule has 0 saturated carbocycles. The number of nitrogens with zero attached hydrogens (tertiary/aromatic N) is 3. The molecule has 2 amide bonds. The van der Waals surface area contributed by atoms with Crippen molar-refractivity contribution >= 4 is 23.2 Å². The summed E-state index contributed by atoms with van der Waals surface area (Å²) >= 11 is 1.50. The molecule has 0 radical (unpaired) electrons. The molecule has 0 aromatic carbocycles. The number of aliphatic hydroxyl groups is 1. The molecule has 0 aliphatic carbocycles. The van der Waals surface area contributed by atoms with E-state index >= 15 is 0 Å². The molecular weight excluding hydrogens is 302 g/mol. The second-order valence-electron chi connectivity index (χ2n) is 5.90. The lowest BCUT2D eigenvalue weighted by Crippen LogP contribution is -2.54. The first kappa shape index (κ1) is 15.5. The van der Waals surface area contributed by atoms with E-state index in [-0.39, 0.29) is 17.9 Å². The first-order chi connectivity index (χ1) is 10.6. The molecule has 2 fully saturated rings. The van der Waals surface area contributed by atoms with Crippen LogP contribution in [-0.4, -0.2) is 83.0 Å². The van der Waals surface area contributed by atoms with Crippen LogP contribution in [0.4, 0.5) is 0 Å². The molecule has 1 aromatic heterocycles. The zero-order chi connectivity index (χ0) is 15.7. The zero-order valence-electron chi connectivity index (χ0n) is 12.6. The van der Waals surface area contributed by atoms with Crippen molar-refractivity contribution in [2.24, 2.45) is 0 Å². The number of carbonyl (C=O) groups excluding carboxylic acids is 2. The first-order valence-electron chi connectivity index (χ1n) is 7.55. The summed E-state index contributed by atoms with van der Waals surface area (Å²) in [7, 11) is 0. The summed E-state index contributed by atoms with van der Waals surface area (Å²) in [6.45, 7) is 5.40. The molecule has 2 aliphatic rings. The highest BCUT2D eigenvalue weighted by atomic mass is 32.1. The van der Waals surface area contributed by atoms with E-state index in [1.807, 2.05) is 21.7 Å². The van der Waals surface area contributed by atoms with E-state index < -0.39 is 6.10 Å². The fourth-order valence-corrected chi connectivity index (χ4v) is 3.86. The average molecular weight is 323 g/mol. The Hall–Kier alpha value is -1.44. The number of amides is 2. The molecule has 0 spiro atoms. The molecule has 120 valence electrons. The van der Waals surface area contributed by atoms with Gasteiger partial charge in [-0.15, -0.1) is 0 Å². The quantitative estimate of drug-likeness (QED) is 0.838. The van der Waals surface area contributed by atoms with Crippen molar-refractivity contribution in [2.45, 2.75) is 19.1 Å². The van der Waals surface area contributed by atoms with Gasteiger partial charge in [0.1, 0.15) is 0 Å². The van der Waals surface area contributed by atoms with Gasteiger partial charge in [-0.2, -0.15) is 11.3 Å². The van der Waals surface area contributed by atoms with Gasteiger partial charge in [0, 0.05) is 51.6 Å². The van der Waals surface area contributed by atoms with Gasteiger partial charge < -0.3 is 14.9 Å². The third-order valence-corrected chi connectivity index (χ3v) is 5.23. The second-order valence-corrected chi connectivity index (χ2v) is 6.68. The molecular formula is C15H21N3O3S. The first-order valence-corrected chi connectivity index (χ1v) is 8.49. The van der Waals surface area contributed by atoms with Crippen molar-refractivity contribution in [2.75, 3.05) is 39.3 Å². The van der Waals surface area contributed by atoms with Crippen LogP contribution in [0.3, 0.4) is 0 Å². The highest BCUT2D eigenvalue weighted by Crippen LogP contribution is 2.21. The molecule has 2 saturated heterocycles. The van der Waals surface area contributed by atoms with Gasteiger partial charge >= 0.3 is 0 Å². The Morgan fingerprint density at radius 3 is 2.50 bits per heavy atom. The van der Waals surface area contributed by atoms with Crippen LogP contribution < -0.4 is 0 Å². The number of β-amino-alcohol motifs (C(OH)–C–C–N with tert-alkyl or cyclic N) is 1. The molecule has 0 unspecified atom stereocenters. The van der Waals surface area contributed by atoms with Gasteiger partial charge in [-0.3, -0.25) is 14.5 Å². The maximum Gasteiger partial charge on any atom is 0.254 e. The van der Waals surface area contributed by atoms with Gasteiger partial charge in [0.2, 0.25) is 5.91 Å². The maximum atomic E-state index is 12.4. The van der Waals surface area contributed by atoms with E-state index in [1.54, 1.807) is 11.8 Å². The monoisotopic (exact) mass is 323 g/mol. The van der Waals surface area contributed by atoms with Gasteiger partial charge in [0.25, 0.3) is 5.91 Å². The van der Waals surface area contributed by atoms with Crippen molar-refractivity contribution in [1.82, 2.24) is 14.7 Å². The molecule has 6 nitrogen and oxygen atoms in total. The average Bonchev–Trinajstić information content (AvgIpc) is 3.16. The maximum absolute atomic E-state index is 12.4. The predicted molar refractivity (Wildman–Crippen MR) is 83.8 cm³/mol. The van der Waals surface area contributed by atoms with Crippen molar-refractivity contribution in [3.05, 3.63) is 22.4 Å². The van der Waals surface area contributed by atoms with Gasteiger partial charge in [-0.1, -0.05) is 0 Å². The molecule has 3 rings (SSSR count). The minimum Gasteiger partial charge on any atom is -0.390 e. The molecule has 3 heterocycles. The summed E-state index contributed by atoms with van der Waals surface area (Å²) in [6, 6.07) is 1.79. The summed E-state index contributed by atoms with van der Waals surface area (Å²) in [4.78, 5) is 29.5. The largest absolute Gasteiger partial charge is 0.390 e. The second kappa shape index (κ2) is 6.36. The third-order valence-electron chi connectivity index (χ3n) is 4.54. The van der Waals surface area contributed by atoms with Crippen molar-refractivity contribution < 1.29 is 14.7 Å². The lowest BCUT2D eigenvalue weighted by molar-refractivity contribution is -0.131. The summed E-state index contributed by atoms with van der Waals surface area (Å²) in [5.74, 6) is 0.0889. The Bertz CT molecular complexity index is 540. The molecule has 2 atom stereocenters. The van der Waals surface area contributed by atoms with Gasteiger partial charge in [-0.05, 0) is 11.4 Å². The van der Waals surface area contributed by atoms with E-state index in [0.717, 1.165) is 13.1 Å². The summed E-state index contributed by atoms with van der Waals surface area (Å²) in [6.07, 6.45) is -0.522. The van der Waals surface area contributed by atoms with E-state index in [1.165, 1.54) is 11.3 Å². The number of aliphatic hydroxyl groups excluding tert-OH is 1. The molecule has 22 heavy (non-hydrogen) atoms. The van der Waals surface area contributed by atoms with E-state index in [9.17, 15) is 14.7 Å². The molecule has 2 aliphatic heterocycles. The molecule has 0 bridgehead atoms. The van der Waals surface area contributed by atoms with Crippen LogP contribution in [-0.2, 0) is 4.79 Å². The smallest absolute Gasteiger partial charge is 0.254 e. The number of rotatable bonds is 2. The van der Waals surface area contributed by atoms with Crippen LogP contribution in [0.1, 0.15) is 17.3 Å². The summed E-state index contributed by atoms with van der Waals surface area (Å²) in [5.41, 5.74) is 0.694. The SMILES string of the molecule is CC(=O)N1CCN([C@@H]2CN(C(=O)c3ccsc3)C[C@H]2O)CC1. The number of thiophene rings is 1. The Balaban J connectivity index is 1.60. The zero-order valence-corrected chi connectivity index (χ0v) is 13.5. The Morgan fingerprint density at radius 2 is 1.91 bits per heavy atom. The molecule has 1 aromatic rings. The third kappa shape index (κ3) is 3.02. The summed E-state index contributed by atoms with van der Waals surface area (Å²) in [5, 5.41) is 14.0. The predicted octanol–water partition coefficient (Wildman–Crippen LogP) is 0.0975. The number of carbonyl (C=O) groups is 2. The lowest BCUT2D eigenvalue weighted by atomic mass is 10.1. The Morgan fingerprint density at radius 1 is 1.18 bits per heavy atom. The highest BCUT2D eigenvalue weighted by molar-refractivity contribution is 7.08. The van der Waals surface area contributed by atoms with Crippen LogP contribution in [0.25, 0.3) is 0 Å². The minimum atomic E-state index is -0.522. The van der Waals surface area contributed by atoms with Crippen LogP contribution in [0, 0.1) is 0 Å². The number of hydrogen-bond donors (Lipinski definition) is 1. The number of piperazine rings is 1. The fraction of sp³-hybridized carbons (Fsp3) is 0.600. The van der Waals surface area contributed by atoms with Crippen molar-refractivity contribution in [3.8, 4) is 0 Å². The normalized spacial score (nSPS) is 26.5. The van der Waals surface area contributed by atoms with Gasteiger partial charge in [-0.25, -0.2) is 0 Å².